The van der Waals surface area contributed by atoms with Crippen LogP contribution in [0.4, 0.5) is 0 Å². The minimum absolute atomic E-state index is 0.173. The Labute approximate surface area is 51.4 Å². The van der Waals surface area contributed by atoms with Gasteiger partial charge < -0.3 is 0 Å². The SMILES string of the molecule is C[SH]1C=CC(S)=N1. The van der Waals surface area contributed by atoms with Crippen LogP contribution in [0.25, 0.3) is 0 Å². The van der Waals surface area contributed by atoms with E-state index in [0.29, 0.717) is 0 Å². The lowest BCUT2D eigenvalue weighted by molar-refractivity contribution is 1.97. The molecular formula is C4H7NS2. The Morgan fingerprint density at radius 1 is 1.86 bits per heavy atom. The highest BCUT2D eigenvalue weighted by molar-refractivity contribution is 8.19. The predicted molar refractivity (Wildman–Crippen MR) is 40.5 cm³/mol. The van der Waals surface area contributed by atoms with Crippen molar-refractivity contribution in [2.75, 3.05) is 6.26 Å². The van der Waals surface area contributed by atoms with E-state index in [-0.39, 0.29) is 11.1 Å². The molecule has 0 saturated heterocycles. The van der Waals surface area contributed by atoms with Gasteiger partial charge in [0.25, 0.3) is 0 Å². The first-order valence-electron chi connectivity index (χ1n) is 1.97. The summed E-state index contributed by atoms with van der Waals surface area (Å²) >= 11 is 3.86. The summed E-state index contributed by atoms with van der Waals surface area (Å²) in [4.78, 5) is 0. The van der Waals surface area contributed by atoms with Crippen LogP contribution in [0.5, 0.6) is 0 Å². The lowest BCUT2D eigenvalue weighted by Gasteiger charge is -1.93. The lowest BCUT2D eigenvalue weighted by Crippen LogP contribution is -1.67. The van der Waals surface area contributed by atoms with Crippen LogP contribution in [0.1, 0.15) is 0 Å². The smallest absolute Gasteiger partial charge is 0.0999 e. The van der Waals surface area contributed by atoms with Gasteiger partial charge in [-0.25, -0.2) is 4.40 Å². The summed E-state index contributed by atoms with van der Waals surface area (Å²) < 4.78 is 4.12. The fraction of sp³-hybridized carbons (Fsp3) is 0.250. The molecule has 0 aliphatic carbocycles. The van der Waals surface area contributed by atoms with Crippen molar-refractivity contribution in [1.29, 1.82) is 0 Å². The molecule has 0 N–H and O–H groups in total. The van der Waals surface area contributed by atoms with E-state index in [0.717, 1.165) is 5.04 Å². The number of nitrogens with zero attached hydrogens (tertiary/aromatic N) is 1. The first-order chi connectivity index (χ1) is 3.29. The van der Waals surface area contributed by atoms with Gasteiger partial charge in [-0.05, 0) is 17.7 Å². The third-order valence-corrected chi connectivity index (χ3v) is 2.22. The zero-order valence-electron chi connectivity index (χ0n) is 4.00. The van der Waals surface area contributed by atoms with Crippen LogP contribution < -0.4 is 0 Å². The van der Waals surface area contributed by atoms with Crippen molar-refractivity contribution >= 4 is 28.8 Å². The van der Waals surface area contributed by atoms with Gasteiger partial charge in [-0.2, -0.15) is 0 Å². The van der Waals surface area contributed by atoms with Crippen molar-refractivity contribution in [1.82, 2.24) is 0 Å². The van der Waals surface area contributed by atoms with Crippen molar-refractivity contribution in [3.63, 3.8) is 0 Å². The Kier molecular flexibility index (Phi) is 1.44. The molecule has 0 aromatic rings. The average Bonchev–Trinajstić information content (AvgIpc) is 1.87. The fourth-order valence-electron chi connectivity index (χ4n) is 0.403. The highest BCUT2D eigenvalue weighted by atomic mass is 32.2. The Hall–Kier alpha value is 0.110. The maximum Gasteiger partial charge on any atom is 0.0999 e. The number of hydrogen-bond acceptors (Lipinski definition) is 1. The molecule has 1 aliphatic heterocycles. The minimum atomic E-state index is -0.173. The Balaban J connectivity index is 2.69. The molecule has 1 atom stereocenters. The number of rotatable bonds is 0. The Morgan fingerprint density at radius 2 is 2.57 bits per heavy atom. The summed E-state index contributed by atoms with van der Waals surface area (Å²) in [5.74, 6) is 0. The van der Waals surface area contributed by atoms with E-state index >= 15 is 0 Å². The summed E-state index contributed by atoms with van der Waals surface area (Å²) in [7, 11) is 0. The van der Waals surface area contributed by atoms with Crippen molar-refractivity contribution in [2.45, 2.75) is 0 Å². The summed E-state index contributed by atoms with van der Waals surface area (Å²) in [5.41, 5.74) is 0. The molecule has 1 nitrogen and oxygen atoms in total. The Bertz CT molecular complexity index is 128. The van der Waals surface area contributed by atoms with Crippen LogP contribution in [-0.4, -0.2) is 11.3 Å². The molecule has 1 heterocycles. The van der Waals surface area contributed by atoms with Gasteiger partial charge >= 0.3 is 0 Å². The number of thiol groups is 2. The van der Waals surface area contributed by atoms with Gasteiger partial charge in [0.1, 0.15) is 0 Å². The van der Waals surface area contributed by atoms with Crippen LogP contribution >= 0.6 is 23.7 Å². The van der Waals surface area contributed by atoms with Crippen molar-refractivity contribution in [2.24, 2.45) is 4.40 Å². The lowest BCUT2D eigenvalue weighted by atomic mass is 10.7. The third kappa shape index (κ3) is 1.24. The normalized spacial score (nSPS) is 33.4. The maximum atomic E-state index is 4.12. The second-order valence-corrected chi connectivity index (χ2v) is 3.45. The van der Waals surface area contributed by atoms with Gasteiger partial charge in [0.15, 0.2) is 0 Å². The van der Waals surface area contributed by atoms with E-state index in [1.807, 2.05) is 6.08 Å². The van der Waals surface area contributed by atoms with E-state index in [2.05, 4.69) is 28.7 Å². The molecule has 0 amide bonds. The molecule has 3 heteroatoms. The third-order valence-electron chi connectivity index (χ3n) is 0.700. The number of hydrogen-bond donors (Lipinski definition) is 2. The van der Waals surface area contributed by atoms with Crippen molar-refractivity contribution in [3.8, 4) is 0 Å². The molecule has 0 aromatic carbocycles. The van der Waals surface area contributed by atoms with Crippen LogP contribution in [0.15, 0.2) is 15.9 Å². The highest BCUT2D eigenvalue weighted by Gasteiger charge is 1.95. The summed E-state index contributed by atoms with van der Waals surface area (Å²) in [5, 5.41) is 2.95. The summed E-state index contributed by atoms with van der Waals surface area (Å²) in [6, 6.07) is 0. The molecule has 1 unspecified atom stereocenters. The van der Waals surface area contributed by atoms with E-state index < -0.39 is 0 Å². The maximum absolute atomic E-state index is 4.12. The van der Waals surface area contributed by atoms with E-state index in [1.54, 1.807) is 0 Å². The summed E-state index contributed by atoms with van der Waals surface area (Å²) in [6.45, 7) is 0. The van der Waals surface area contributed by atoms with E-state index in [1.165, 1.54) is 0 Å². The second-order valence-electron chi connectivity index (χ2n) is 1.35. The second kappa shape index (κ2) is 1.92. The molecule has 0 spiro atoms. The molecule has 0 bridgehead atoms. The largest absolute Gasteiger partial charge is 0.230 e. The first-order valence-corrected chi connectivity index (χ1v) is 4.23. The predicted octanol–water partition coefficient (Wildman–Crippen LogP) is 1.39. The molecule has 40 valence electrons. The standard InChI is InChI=1S/C4H7NS2/c1-7-3-2-4(6)5-7/h2-3,7H,1H3,(H,5,6). The van der Waals surface area contributed by atoms with E-state index in [9.17, 15) is 0 Å². The Morgan fingerprint density at radius 3 is 2.71 bits per heavy atom. The van der Waals surface area contributed by atoms with Gasteiger partial charge in [0.2, 0.25) is 0 Å². The van der Waals surface area contributed by atoms with Crippen LogP contribution in [0, 0.1) is 0 Å². The quantitative estimate of drug-likeness (QED) is 0.463. The van der Waals surface area contributed by atoms with Gasteiger partial charge in [0.05, 0.1) is 5.04 Å². The van der Waals surface area contributed by atoms with Crippen molar-refractivity contribution in [3.05, 3.63) is 11.5 Å². The topological polar surface area (TPSA) is 12.4 Å². The average molecular weight is 133 g/mol. The van der Waals surface area contributed by atoms with Crippen LogP contribution in [0.2, 0.25) is 0 Å². The van der Waals surface area contributed by atoms with Crippen LogP contribution in [-0.2, 0) is 0 Å². The van der Waals surface area contributed by atoms with Gasteiger partial charge in [-0.15, -0.1) is 23.7 Å². The van der Waals surface area contributed by atoms with E-state index in [4.69, 9.17) is 0 Å². The molecular weight excluding hydrogens is 126 g/mol. The first kappa shape index (κ1) is 5.25. The molecule has 0 fully saturated rings. The minimum Gasteiger partial charge on any atom is -0.230 e. The van der Waals surface area contributed by atoms with Crippen molar-refractivity contribution < 1.29 is 0 Å². The zero-order chi connectivity index (χ0) is 5.28. The monoisotopic (exact) mass is 133 g/mol. The molecule has 0 radical (unpaired) electrons. The molecule has 1 aliphatic rings. The van der Waals surface area contributed by atoms with Crippen LogP contribution in [0.3, 0.4) is 0 Å². The van der Waals surface area contributed by atoms with Gasteiger partial charge in [-0.3, -0.25) is 0 Å². The molecule has 7 heavy (non-hydrogen) atoms. The molecule has 0 saturated carbocycles. The molecule has 0 aromatic heterocycles. The fourth-order valence-corrected chi connectivity index (χ4v) is 1.83. The zero-order valence-corrected chi connectivity index (χ0v) is 5.79. The highest BCUT2D eigenvalue weighted by Crippen LogP contribution is 2.28. The van der Waals surface area contributed by atoms with Gasteiger partial charge in [-0.1, -0.05) is 0 Å². The van der Waals surface area contributed by atoms with Gasteiger partial charge in [0, 0.05) is 0 Å². The summed E-state index contributed by atoms with van der Waals surface area (Å²) in [6.07, 6.45) is 4.03. The molecule has 1 rings (SSSR count).